The molecule has 0 saturated heterocycles. The standard InChI is InChI=1S/C25H22N4O5/c1-15(30)18-5-2-16(3-6-18)11-26-24(32)21-10-22(29-14-28-21)25(33)27-12-17-4-7-23-19(8-17)9-20(31)13-34-23/h2-8,10,14H,9,11-13H2,1H3,(H,26,32)(H,27,33)/i11D2. The van der Waals surface area contributed by atoms with Crippen LogP contribution in [0.5, 0.6) is 5.75 Å². The van der Waals surface area contributed by atoms with Crippen molar-refractivity contribution in [2.24, 2.45) is 0 Å². The first-order chi connectivity index (χ1) is 17.1. The summed E-state index contributed by atoms with van der Waals surface area (Å²) < 4.78 is 21.8. The molecule has 3 aromatic rings. The maximum atomic E-state index is 12.7. The minimum absolute atomic E-state index is 0.0204. The number of nitrogens with zero attached hydrogens (tertiary/aromatic N) is 2. The number of ketones is 2. The van der Waals surface area contributed by atoms with Crippen LogP contribution in [0.3, 0.4) is 0 Å². The molecule has 0 unspecified atom stereocenters. The molecular formula is C25H22N4O5. The van der Waals surface area contributed by atoms with Crippen molar-refractivity contribution in [2.75, 3.05) is 6.61 Å². The van der Waals surface area contributed by atoms with Gasteiger partial charge < -0.3 is 15.4 Å². The predicted molar refractivity (Wildman–Crippen MR) is 121 cm³/mol. The molecule has 2 heterocycles. The fourth-order valence-corrected chi connectivity index (χ4v) is 3.30. The van der Waals surface area contributed by atoms with E-state index in [1.165, 1.54) is 37.3 Å². The Morgan fingerprint density at radius 2 is 1.65 bits per heavy atom. The number of rotatable bonds is 7. The molecule has 1 aliphatic heterocycles. The van der Waals surface area contributed by atoms with Crippen molar-refractivity contribution in [3.63, 3.8) is 0 Å². The number of ether oxygens (including phenoxy) is 1. The van der Waals surface area contributed by atoms with Gasteiger partial charge in [0.25, 0.3) is 11.8 Å². The van der Waals surface area contributed by atoms with Crippen molar-refractivity contribution in [1.29, 1.82) is 0 Å². The zero-order chi connectivity index (χ0) is 25.9. The minimum atomic E-state index is -2.25. The molecule has 0 radical (unpaired) electrons. The van der Waals surface area contributed by atoms with E-state index in [4.69, 9.17) is 7.48 Å². The lowest BCUT2D eigenvalue weighted by Gasteiger charge is -2.17. The van der Waals surface area contributed by atoms with Crippen molar-refractivity contribution in [3.8, 4) is 5.75 Å². The van der Waals surface area contributed by atoms with E-state index in [9.17, 15) is 19.2 Å². The average Bonchev–Trinajstić information content (AvgIpc) is 2.86. The Morgan fingerprint density at radius 3 is 2.35 bits per heavy atom. The number of aromatic nitrogens is 2. The van der Waals surface area contributed by atoms with Crippen LogP contribution in [0.4, 0.5) is 0 Å². The van der Waals surface area contributed by atoms with E-state index in [1.807, 2.05) is 0 Å². The number of benzene rings is 2. The molecular weight excluding hydrogens is 436 g/mol. The molecule has 0 aliphatic carbocycles. The van der Waals surface area contributed by atoms with Gasteiger partial charge in [0.1, 0.15) is 30.1 Å². The van der Waals surface area contributed by atoms with E-state index < -0.39 is 18.3 Å². The number of carbonyl (C=O) groups is 4. The molecule has 9 heteroatoms. The molecule has 2 aromatic carbocycles. The Morgan fingerprint density at radius 1 is 0.971 bits per heavy atom. The summed E-state index contributed by atoms with van der Waals surface area (Å²) in [5.41, 5.74) is 1.82. The molecule has 0 spiro atoms. The largest absolute Gasteiger partial charge is 0.486 e. The molecule has 4 rings (SSSR count). The molecule has 1 aliphatic rings. The normalized spacial score (nSPS) is 13.6. The van der Waals surface area contributed by atoms with Gasteiger partial charge in [0.15, 0.2) is 11.6 Å². The number of carbonyl (C=O) groups excluding carboxylic acids is 4. The molecule has 1 aromatic heterocycles. The molecule has 0 fully saturated rings. The van der Waals surface area contributed by atoms with E-state index in [0.29, 0.717) is 11.3 Å². The van der Waals surface area contributed by atoms with Crippen molar-refractivity contribution < 1.29 is 26.7 Å². The zero-order valence-electron chi connectivity index (χ0n) is 20.3. The van der Waals surface area contributed by atoms with Crippen LogP contribution in [0.25, 0.3) is 0 Å². The number of Topliss-reactive ketones (excluding diaryl/α,β-unsaturated/α-hetero) is 2. The van der Waals surface area contributed by atoms with Crippen LogP contribution in [-0.4, -0.2) is 40.0 Å². The van der Waals surface area contributed by atoms with Gasteiger partial charge in [-0.25, -0.2) is 9.97 Å². The lowest BCUT2D eigenvalue weighted by atomic mass is 10.0. The van der Waals surface area contributed by atoms with Crippen LogP contribution >= 0.6 is 0 Å². The van der Waals surface area contributed by atoms with Crippen LogP contribution in [0.2, 0.25) is 0 Å². The first-order valence-corrected chi connectivity index (χ1v) is 10.4. The second-order valence-electron chi connectivity index (χ2n) is 7.63. The van der Waals surface area contributed by atoms with Gasteiger partial charge in [-0.3, -0.25) is 19.2 Å². The first-order valence-electron chi connectivity index (χ1n) is 11.4. The second-order valence-corrected chi connectivity index (χ2v) is 7.63. The molecule has 0 bridgehead atoms. The molecule has 172 valence electrons. The van der Waals surface area contributed by atoms with Crippen molar-refractivity contribution in [3.05, 3.63) is 88.5 Å². The van der Waals surface area contributed by atoms with Crippen LogP contribution in [0.15, 0.2) is 54.9 Å². The van der Waals surface area contributed by atoms with Gasteiger partial charge in [-0.15, -0.1) is 0 Å². The topological polar surface area (TPSA) is 127 Å². The Hall–Kier alpha value is -4.40. The Balaban J connectivity index is 1.41. The summed E-state index contributed by atoms with van der Waals surface area (Å²) in [4.78, 5) is 56.1. The summed E-state index contributed by atoms with van der Waals surface area (Å²) in [5.74, 6) is -0.932. The Kier molecular flexibility index (Phi) is 5.97. The van der Waals surface area contributed by atoms with Crippen molar-refractivity contribution in [2.45, 2.75) is 26.4 Å². The lowest BCUT2D eigenvalue weighted by molar-refractivity contribution is -0.121. The summed E-state index contributed by atoms with van der Waals surface area (Å²) in [7, 11) is 0. The number of hydrogen-bond acceptors (Lipinski definition) is 7. The number of hydrogen-bond donors (Lipinski definition) is 2. The first kappa shape index (κ1) is 20.2. The molecule has 2 N–H and O–H groups in total. The van der Waals surface area contributed by atoms with Gasteiger partial charge in [0.05, 0.1) is 2.74 Å². The molecule has 9 nitrogen and oxygen atoms in total. The van der Waals surface area contributed by atoms with Gasteiger partial charge in [0.2, 0.25) is 0 Å². The minimum Gasteiger partial charge on any atom is -0.486 e. The molecule has 34 heavy (non-hydrogen) atoms. The number of fused-ring (bicyclic) bond motifs is 1. The smallest absolute Gasteiger partial charge is 0.270 e. The van der Waals surface area contributed by atoms with Crippen LogP contribution in [0, 0.1) is 0 Å². The number of nitrogens with one attached hydrogen (secondary N) is 2. The monoisotopic (exact) mass is 460 g/mol. The maximum absolute atomic E-state index is 12.7. The van der Waals surface area contributed by atoms with E-state index in [-0.39, 0.29) is 48.1 Å². The third-order valence-electron chi connectivity index (χ3n) is 5.10. The van der Waals surface area contributed by atoms with E-state index >= 15 is 0 Å². The summed E-state index contributed by atoms with van der Waals surface area (Å²) >= 11 is 0. The SMILES string of the molecule is [2H]C([2H])(NC(=O)c1cc(C(=O)NCc2ccc3c(c2)CC(=O)CO3)ncn1)c1ccc(C(C)=O)cc1. The summed E-state index contributed by atoms with van der Waals surface area (Å²) in [6.45, 7) is -0.638. The highest BCUT2D eigenvalue weighted by Crippen LogP contribution is 2.24. The fraction of sp³-hybridized carbons (Fsp3) is 0.200. The highest BCUT2D eigenvalue weighted by molar-refractivity contribution is 5.97. The lowest BCUT2D eigenvalue weighted by Crippen LogP contribution is -2.27. The van der Waals surface area contributed by atoms with Crippen molar-refractivity contribution >= 4 is 23.4 Å². The highest BCUT2D eigenvalue weighted by Gasteiger charge is 2.18. The number of amides is 2. The maximum Gasteiger partial charge on any atom is 0.270 e. The van der Waals surface area contributed by atoms with Crippen LogP contribution < -0.4 is 15.4 Å². The Bertz CT molecular complexity index is 1360. The van der Waals surface area contributed by atoms with E-state index in [1.54, 1.807) is 18.2 Å². The molecule has 0 saturated carbocycles. The predicted octanol–water partition coefficient (Wildman–Crippen LogP) is 2.04. The van der Waals surface area contributed by atoms with Gasteiger partial charge in [-0.1, -0.05) is 30.3 Å². The van der Waals surface area contributed by atoms with E-state index in [2.05, 4.69) is 20.6 Å². The quantitative estimate of drug-likeness (QED) is 0.517. The average molecular weight is 460 g/mol. The molecule has 2 amide bonds. The third-order valence-corrected chi connectivity index (χ3v) is 5.10. The van der Waals surface area contributed by atoms with Crippen molar-refractivity contribution in [1.82, 2.24) is 20.6 Å². The summed E-state index contributed by atoms with van der Waals surface area (Å²) in [6.07, 6.45) is 1.32. The van der Waals surface area contributed by atoms with E-state index in [0.717, 1.165) is 17.5 Å². The van der Waals surface area contributed by atoms with Gasteiger partial charge >= 0.3 is 0 Å². The fourth-order valence-electron chi connectivity index (χ4n) is 3.30. The summed E-state index contributed by atoms with van der Waals surface area (Å²) in [5, 5.41) is 4.94. The highest BCUT2D eigenvalue weighted by atomic mass is 16.5. The summed E-state index contributed by atoms with van der Waals surface area (Å²) in [6, 6.07) is 12.3. The van der Waals surface area contributed by atoms with Gasteiger partial charge in [0, 0.05) is 36.7 Å². The third kappa shape index (κ3) is 5.50. The van der Waals surface area contributed by atoms with Gasteiger partial charge in [-0.05, 0) is 30.2 Å². The Labute approximate surface area is 198 Å². The van der Waals surface area contributed by atoms with Gasteiger partial charge in [-0.2, -0.15) is 0 Å². The molecule has 0 atom stereocenters. The zero-order valence-corrected chi connectivity index (χ0v) is 18.3. The van der Waals surface area contributed by atoms with Crippen LogP contribution in [-0.2, 0) is 24.3 Å². The van der Waals surface area contributed by atoms with Crippen LogP contribution in [0.1, 0.15) is 57.7 Å². The second kappa shape index (κ2) is 10.0.